The normalized spacial score (nSPS) is 20.8. The van der Waals surface area contributed by atoms with E-state index in [9.17, 15) is 9.59 Å². The Bertz CT molecular complexity index is 577. The van der Waals surface area contributed by atoms with E-state index in [-0.39, 0.29) is 30.1 Å². The van der Waals surface area contributed by atoms with Crippen LogP contribution in [0.4, 0.5) is 0 Å². The van der Waals surface area contributed by atoms with Crippen molar-refractivity contribution in [1.29, 1.82) is 0 Å². The van der Waals surface area contributed by atoms with E-state index in [2.05, 4.69) is 5.32 Å². The molecule has 2 aliphatic rings. The minimum absolute atomic E-state index is 0. The Morgan fingerprint density at radius 1 is 1.08 bits per heavy atom. The molecular weight excluding hydrogens is 338 g/mol. The van der Waals surface area contributed by atoms with Gasteiger partial charge in [-0.2, -0.15) is 0 Å². The van der Waals surface area contributed by atoms with Gasteiger partial charge < -0.3 is 15.1 Å². The number of amides is 2. The van der Waals surface area contributed by atoms with Gasteiger partial charge in [-0.05, 0) is 31.9 Å². The second-order valence-corrected chi connectivity index (χ2v) is 6.91. The average molecular weight is 366 g/mol. The van der Waals surface area contributed by atoms with Gasteiger partial charge in [-0.15, -0.1) is 12.4 Å². The van der Waals surface area contributed by atoms with Crippen molar-refractivity contribution < 1.29 is 9.59 Å². The highest BCUT2D eigenvalue weighted by atomic mass is 35.5. The van der Waals surface area contributed by atoms with Gasteiger partial charge in [0.05, 0.1) is 12.3 Å². The van der Waals surface area contributed by atoms with E-state index in [1.165, 1.54) is 5.56 Å². The first kappa shape index (κ1) is 19.7. The van der Waals surface area contributed by atoms with E-state index in [1.807, 2.05) is 41.0 Å². The molecule has 2 amide bonds. The van der Waals surface area contributed by atoms with Gasteiger partial charge in [0.2, 0.25) is 11.8 Å². The molecule has 6 heteroatoms. The molecule has 138 valence electrons. The molecule has 2 saturated heterocycles. The van der Waals surface area contributed by atoms with Crippen LogP contribution >= 0.6 is 12.4 Å². The zero-order valence-corrected chi connectivity index (χ0v) is 15.7. The molecular formula is C19H28ClN3O2. The van der Waals surface area contributed by atoms with Gasteiger partial charge in [0.25, 0.3) is 0 Å². The van der Waals surface area contributed by atoms with Crippen molar-refractivity contribution in [2.75, 3.05) is 39.3 Å². The molecule has 25 heavy (non-hydrogen) atoms. The Balaban J connectivity index is 0.00000225. The number of rotatable bonds is 3. The van der Waals surface area contributed by atoms with E-state index in [4.69, 9.17) is 0 Å². The quantitative estimate of drug-likeness (QED) is 0.885. The lowest BCUT2D eigenvalue weighted by atomic mass is 9.98. The van der Waals surface area contributed by atoms with Crippen molar-refractivity contribution in [2.45, 2.75) is 26.2 Å². The minimum atomic E-state index is 0. The molecule has 0 aromatic heterocycles. The summed E-state index contributed by atoms with van der Waals surface area (Å²) >= 11 is 0. The third-order valence-corrected chi connectivity index (χ3v) is 5.07. The Morgan fingerprint density at radius 2 is 1.72 bits per heavy atom. The molecule has 1 atom stereocenters. The topological polar surface area (TPSA) is 52.7 Å². The maximum Gasteiger partial charge on any atom is 0.227 e. The van der Waals surface area contributed by atoms with Crippen molar-refractivity contribution in [3.05, 3.63) is 35.4 Å². The zero-order chi connectivity index (χ0) is 16.9. The summed E-state index contributed by atoms with van der Waals surface area (Å²) in [6, 6.07) is 8.11. The maximum atomic E-state index is 12.5. The lowest BCUT2D eigenvalue weighted by molar-refractivity contribution is -0.142. The van der Waals surface area contributed by atoms with Crippen LogP contribution in [0.1, 0.15) is 24.0 Å². The van der Waals surface area contributed by atoms with Crippen LogP contribution in [0.5, 0.6) is 0 Å². The van der Waals surface area contributed by atoms with Gasteiger partial charge in [0.15, 0.2) is 0 Å². The molecule has 1 aromatic rings. The predicted molar refractivity (Wildman–Crippen MR) is 101 cm³/mol. The molecule has 0 saturated carbocycles. The molecule has 5 nitrogen and oxygen atoms in total. The molecule has 1 N–H and O–H groups in total. The molecule has 2 heterocycles. The largest absolute Gasteiger partial charge is 0.339 e. The van der Waals surface area contributed by atoms with Crippen molar-refractivity contribution in [3.63, 3.8) is 0 Å². The first-order valence-corrected chi connectivity index (χ1v) is 8.96. The lowest BCUT2D eigenvalue weighted by Crippen LogP contribution is -2.53. The lowest BCUT2D eigenvalue weighted by Gasteiger charge is -2.37. The summed E-state index contributed by atoms with van der Waals surface area (Å²) in [4.78, 5) is 28.8. The third kappa shape index (κ3) is 5.19. The molecule has 0 radical (unpaired) electrons. The number of aryl methyl sites for hydroxylation is 1. The summed E-state index contributed by atoms with van der Waals surface area (Å²) in [5.74, 6) is 0.534. The molecule has 0 spiro atoms. The summed E-state index contributed by atoms with van der Waals surface area (Å²) in [5, 5.41) is 3.30. The summed E-state index contributed by atoms with van der Waals surface area (Å²) in [5.41, 5.74) is 2.26. The molecule has 1 unspecified atom stereocenters. The van der Waals surface area contributed by atoms with E-state index in [0.717, 1.165) is 31.5 Å². The highest BCUT2D eigenvalue weighted by molar-refractivity contribution is 5.85. The second kappa shape index (κ2) is 9.20. The van der Waals surface area contributed by atoms with Gasteiger partial charge in [-0.1, -0.05) is 29.8 Å². The number of piperidine rings is 1. The van der Waals surface area contributed by atoms with Crippen LogP contribution < -0.4 is 5.32 Å². The van der Waals surface area contributed by atoms with E-state index < -0.39 is 0 Å². The van der Waals surface area contributed by atoms with Gasteiger partial charge >= 0.3 is 0 Å². The Morgan fingerprint density at radius 3 is 2.32 bits per heavy atom. The molecule has 2 aliphatic heterocycles. The van der Waals surface area contributed by atoms with Gasteiger partial charge in [0.1, 0.15) is 0 Å². The van der Waals surface area contributed by atoms with Crippen LogP contribution in [-0.4, -0.2) is 60.9 Å². The van der Waals surface area contributed by atoms with Crippen molar-refractivity contribution in [2.24, 2.45) is 5.92 Å². The van der Waals surface area contributed by atoms with Crippen LogP contribution in [-0.2, 0) is 16.0 Å². The Hall–Kier alpha value is -1.59. The first-order chi connectivity index (χ1) is 11.6. The fourth-order valence-electron chi connectivity index (χ4n) is 3.49. The van der Waals surface area contributed by atoms with Crippen molar-refractivity contribution >= 4 is 24.2 Å². The number of halogens is 1. The van der Waals surface area contributed by atoms with E-state index in [1.54, 1.807) is 0 Å². The monoisotopic (exact) mass is 365 g/mol. The molecule has 3 rings (SSSR count). The summed E-state index contributed by atoms with van der Waals surface area (Å²) < 4.78 is 0. The van der Waals surface area contributed by atoms with Gasteiger partial charge in [-0.3, -0.25) is 9.59 Å². The van der Waals surface area contributed by atoms with Crippen LogP contribution in [0.2, 0.25) is 0 Å². The summed E-state index contributed by atoms with van der Waals surface area (Å²) in [7, 11) is 0. The number of nitrogens with one attached hydrogen (secondary N) is 1. The Labute approximate surface area is 156 Å². The average Bonchev–Trinajstić information content (AvgIpc) is 2.64. The van der Waals surface area contributed by atoms with Crippen LogP contribution in [0.15, 0.2) is 24.3 Å². The molecule has 1 aromatic carbocycles. The van der Waals surface area contributed by atoms with Crippen LogP contribution in [0.3, 0.4) is 0 Å². The molecule has 2 fully saturated rings. The number of benzene rings is 1. The fourth-order valence-corrected chi connectivity index (χ4v) is 3.49. The molecule has 0 bridgehead atoms. The number of piperazine rings is 1. The van der Waals surface area contributed by atoms with E-state index in [0.29, 0.717) is 32.6 Å². The van der Waals surface area contributed by atoms with Gasteiger partial charge in [-0.25, -0.2) is 0 Å². The Kier molecular flexibility index (Phi) is 7.26. The number of hydrogen-bond donors (Lipinski definition) is 1. The molecule has 0 aliphatic carbocycles. The minimum Gasteiger partial charge on any atom is -0.339 e. The van der Waals surface area contributed by atoms with Crippen LogP contribution in [0.25, 0.3) is 0 Å². The SMILES string of the molecule is Cc1ccc(CC(=O)N2CCN(C(=O)C3CCCNC3)CC2)cc1.Cl. The van der Waals surface area contributed by atoms with Crippen molar-refractivity contribution in [1.82, 2.24) is 15.1 Å². The zero-order valence-electron chi connectivity index (χ0n) is 14.9. The first-order valence-electron chi connectivity index (χ1n) is 8.96. The van der Waals surface area contributed by atoms with Crippen molar-refractivity contribution in [3.8, 4) is 0 Å². The maximum absolute atomic E-state index is 12.5. The van der Waals surface area contributed by atoms with E-state index >= 15 is 0 Å². The highest BCUT2D eigenvalue weighted by Crippen LogP contribution is 2.15. The smallest absolute Gasteiger partial charge is 0.227 e. The third-order valence-electron chi connectivity index (χ3n) is 5.07. The second-order valence-electron chi connectivity index (χ2n) is 6.91. The van der Waals surface area contributed by atoms with Crippen LogP contribution in [0, 0.1) is 12.8 Å². The number of carbonyl (C=O) groups is 2. The number of carbonyl (C=O) groups excluding carboxylic acids is 2. The number of nitrogens with zero attached hydrogens (tertiary/aromatic N) is 2. The highest BCUT2D eigenvalue weighted by Gasteiger charge is 2.29. The summed E-state index contributed by atoms with van der Waals surface area (Å²) in [6.45, 7) is 6.48. The fraction of sp³-hybridized carbons (Fsp3) is 0.579. The summed E-state index contributed by atoms with van der Waals surface area (Å²) in [6.07, 6.45) is 2.50. The standard InChI is InChI=1S/C19H27N3O2.ClH/c1-15-4-6-16(7-5-15)13-18(23)21-9-11-22(12-10-21)19(24)17-3-2-8-20-14-17;/h4-7,17,20H,2-3,8-14H2,1H3;1H. The van der Waals surface area contributed by atoms with Gasteiger partial charge in [0, 0.05) is 32.7 Å². The number of hydrogen-bond acceptors (Lipinski definition) is 3. The predicted octanol–water partition coefficient (Wildman–Crippen LogP) is 1.63.